The van der Waals surface area contributed by atoms with Gasteiger partial charge in [-0.05, 0) is 12.0 Å². The molecule has 144 valence electrons. The van der Waals surface area contributed by atoms with Crippen LogP contribution in [0, 0.1) is 5.92 Å². The molecule has 0 unspecified atom stereocenters. The molecule has 7 nitrogen and oxygen atoms in total. The first-order chi connectivity index (χ1) is 12.5. The van der Waals surface area contributed by atoms with Crippen molar-refractivity contribution in [3.63, 3.8) is 0 Å². The van der Waals surface area contributed by atoms with Crippen LogP contribution in [-0.4, -0.2) is 57.2 Å². The number of ether oxygens (including phenoxy) is 2. The molecule has 1 aromatic carbocycles. The second-order valence-electron chi connectivity index (χ2n) is 6.88. The Labute approximate surface area is 155 Å². The van der Waals surface area contributed by atoms with Gasteiger partial charge in [0.05, 0.1) is 26.3 Å². The SMILES string of the molecule is CC(C)CNC(=NCc1cccc2c1OCCCO2)NCC(=O)N(C)C. The number of hydrogen-bond donors (Lipinski definition) is 2. The van der Waals surface area contributed by atoms with Crippen molar-refractivity contribution in [3.05, 3.63) is 23.8 Å². The molecule has 1 heterocycles. The van der Waals surface area contributed by atoms with E-state index in [0.29, 0.717) is 31.6 Å². The third-order valence-electron chi connectivity index (χ3n) is 3.84. The van der Waals surface area contributed by atoms with Crippen molar-refractivity contribution >= 4 is 11.9 Å². The highest BCUT2D eigenvalue weighted by Crippen LogP contribution is 2.33. The van der Waals surface area contributed by atoms with Crippen LogP contribution in [-0.2, 0) is 11.3 Å². The van der Waals surface area contributed by atoms with Gasteiger partial charge in [0, 0.05) is 32.6 Å². The molecule has 1 amide bonds. The van der Waals surface area contributed by atoms with Gasteiger partial charge in [0.15, 0.2) is 17.5 Å². The highest BCUT2D eigenvalue weighted by atomic mass is 16.5. The Morgan fingerprint density at radius 1 is 1.23 bits per heavy atom. The number of para-hydroxylation sites is 1. The van der Waals surface area contributed by atoms with Gasteiger partial charge < -0.3 is 25.0 Å². The molecular formula is C19H30N4O3. The van der Waals surface area contributed by atoms with Crippen molar-refractivity contribution in [1.29, 1.82) is 0 Å². The topological polar surface area (TPSA) is 75.2 Å². The number of hydrogen-bond acceptors (Lipinski definition) is 4. The molecule has 0 aliphatic carbocycles. The quantitative estimate of drug-likeness (QED) is 0.594. The van der Waals surface area contributed by atoms with Crippen LogP contribution in [0.3, 0.4) is 0 Å². The molecule has 2 rings (SSSR count). The molecule has 0 saturated heterocycles. The van der Waals surface area contributed by atoms with Gasteiger partial charge in [-0.25, -0.2) is 4.99 Å². The number of nitrogens with one attached hydrogen (secondary N) is 2. The van der Waals surface area contributed by atoms with E-state index >= 15 is 0 Å². The minimum Gasteiger partial charge on any atom is -0.490 e. The van der Waals surface area contributed by atoms with Gasteiger partial charge in [-0.2, -0.15) is 0 Å². The Bertz CT molecular complexity index is 629. The number of likely N-dealkylation sites (N-methyl/N-ethyl adjacent to an activating group) is 1. The van der Waals surface area contributed by atoms with Gasteiger partial charge in [0.2, 0.25) is 5.91 Å². The van der Waals surface area contributed by atoms with E-state index in [1.54, 1.807) is 19.0 Å². The summed E-state index contributed by atoms with van der Waals surface area (Å²) in [6, 6.07) is 5.85. The Kier molecular flexibility index (Phi) is 7.56. The van der Waals surface area contributed by atoms with Crippen molar-refractivity contribution < 1.29 is 14.3 Å². The summed E-state index contributed by atoms with van der Waals surface area (Å²) in [6.45, 7) is 6.96. The lowest BCUT2D eigenvalue weighted by Gasteiger charge is -2.16. The highest BCUT2D eigenvalue weighted by molar-refractivity contribution is 5.86. The molecule has 0 radical (unpaired) electrons. The number of rotatable bonds is 6. The predicted octanol–water partition coefficient (Wildman–Crippen LogP) is 1.63. The second-order valence-corrected chi connectivity index (χ2v) is 6.88. The number of benzene rings is 1. The van der Waals surface area contributed by atoms with Crippen LogP contribution in [0.4, 0.5) is 0 Å². The normalized spacial score (nSPS) is 14.0. The Balaban J connectivity index is 2.09. The molecule has 2 N–H and O–H groups in total. The molecule has 1 aliphatic rings. The number of carbonyl (C=O) groups is 1. The molecular weight excluding hydrogens is 332 g/mol. The second kappa shape index (κ2) is 9.89. The van der Waals surface area contributed by atoms with Crippen LogP contribution in [0.1, 0.15) is 25.8 Å². The molecule has 0 spiro atoms. The van der Waals surface area contributed by atoms with E-state index < -0.39 is 0 Å². The summed E-state index contributed by atoms with van der Waals surface area (Å²) < 4.78 is 11.6. The van der Waals surface area contributed by atoms with Gasteiger partial charge >= 0.3 is 0 Å². The van der Waals surface area contributed by atoms with E-state index in [1.807, 2.05) is 18.2 Å². The molecule has 1 aromatic rings. The largest absolute Gasteiger partial charge is 0.490 e. The van der Waals surface area contributed by atoms with Crippen molar-refractivity contribution in [3.8, 4) is 11.5 Å². The summed E-state index contributed by atoms with van der Waals surface area (Å²) in [7, 11) is 3.47. The number of carbonyl (C=O) groups excluding carboxylic acids is 1. The van der Waals surface area contributed by atoms with Crippen LogP contribution < -0.4 is 20.1 Å². The number of fused-ring (bicyclic) bond motifs is 1. The highest BCUT2D eigenvalue weighted by Gasteiger charge is 2.14. The third kappa shape index (κ3) is 6.13. The Hall–Kier alpha value is -2.44. The molecule has 0 aromatic heterocycles. The van der Waals surface area contributed by atoms with E-state index in [9.17, 15) is 4.79 Å². The van der Waals surface area contributed by atoms with Crippen molar-refractivity contribution in [1.82, 2.24) is 15.5 Å². The maximum absolute atomic E-state index is 11.8. The first-order valence-corrected chi connectivity index (χ1v) is 9.07. The van der Waals surface area contributed by atoms with Crippen molar-refractivity contribution in [2.45, 2.75) is 26.8 Å². The van der Waals surface area contributed by atoms with Crippen LogP contribution in [0.2, 0.25) is 0 Å². The predicted molar refractivity (Wildman–Crippen MR) is 103 cm³/mol. The zero-order valence-electron chi connectivity index (χ0n) is 16.2. The zero-order valence-corrected chi connectivity index (χ0v) is 16.2. The summed E-state index contributed by atoms with van der Waals surface area (Å²) >= 11 is 0. The summed E-state index contributed by atoms with van der Waals surface area (Å²) in [5.41, 5.74) is 0.967. The van der Waals surface area contributed by atoms with E-state index in [0.717, 1.165) is 30.0 Å². The maximum atomic E-state index is 11.8. The van der Waals surface area contributed by atoms with E-state index in [-0.39, 0.29) is 12.5 Å². The lowest BCUT2D eigenvalue weighted by atomic mass is 10.2. The number of amides is 1. The first-order valence-electron chi connectivity index (χ1n) is 9.07. The standard InChI is InChI=1S/C19H30N4O3/c1-14(2)11-20-19(22-13-17(24)23(3)4)21-12-15-7-5-8-16-18(15)26-10-6-9-25-16/h5,7-8,14H,6,9-13H2,1-4H3,(H2,20,21,22). The molecule has 1 aliphatic heterocycles. The number of nitrogens with zero attached hydrogens (tertiary/aromatic N) is 2. The van der Waals surface area contributed by atoms with Crippen LogP contribution in [0.15, 0.2) is 23.2 Å². The maximum Gasteiger partial charge on any atom is 0.241 e. The molecule has 0 bridgehead atoms. The van der Waals surface area contributed by atoms with Gasteiger partial charge in [0.25, 0.3) is 0 Å². The molecule has 0 saturated carbocycles. The fourth-order valence-corrected chi connectivity index (χ4v) is 2.34. The summed E-state index contributed by atoms with van der Waals surface area (Å²) in [4.78, 5) is 18.0. The van der Waals surface area contributed by atoms with Gasteiger partial charge in [-0.1, -0.05) is 26.0 Å². The Morgan fingerprint density at radius 3 is 2.73 bits per heavy atom. The summed E-state index contributed by atoms with van der Waals surface area (Å²) in [5.74, 6) is 2.61. The first kappa shape index (κ1) is 19.9. The van der Waals surface area contributed by atoms with Crippen molar-refractivity contribution in [2.24, 2.45) is 10.9 Å². The summed E-state index contributed by atoms with van der Waals surface area (Å²) in [5, 5.41) is 6.37. The monoisotopic (exact) mass is 362 g/mol. The van der Waals surface area contributed by atoms with Crippen LogP contribution >= 0.6 is 0 Å². The van der Waals surface area contributed by atoms with Crippen LogP contribution in [0.5, 0.6) is 11.5 Å². The molecule has 0 fully saturated rings. The smallest absolute Gasteiger partial charge is 0.241 e. The van der Waals surface area contributed by atoms with Crippen molar-refractivity contribution in [2.75, 3.05) is 40.4 Å². The molecule has 26 heavy (non-hydrogen) atoms. The zero-order chi connectivity index (χ0) is 18.9. The fourth-order valence-electron chi connectivity index (χ4n) is 2.34. The van der Waals surface area contributed by atoms with Gasteiger partial charge in [-0.3, -0.25) is 4.79 Å². The average Bonchev–Trinajstić information content (AvgIpc) is 2.86. The fraction of sp³-hybridized carbons (Fsp3) is 0.579. The molecule has 0 atom stereocenters. The lowest BCUT2D eigenvalue weighted by Crippen LogP contribution is -2.44. The van der Waals surface area contributed by atoms with E-state index in [2.05, 4.69) is 29.5 Å². The minimum absolute atomic E-state index is 0.00522. The molecule has 7 heteroatoms. The average molecular weight is 362 g/mol. The van der Waals surface area contributed by atoms with Crippen LogP contribution in [0.25, 0.3) is 0 Å². The number of guanidine groups is 1. The third-order valence-corrected chi connectivity index (χ3v) is 3.84. The van der Waals surface area contributed by atoms with Gasteiger partial charge in [0.1, 0.15) is 0 Å². The Morgan fingerprint density at radius 2 is 2.00 bits per heavy atom. The van der Waals surface area contributed by atoms with E-state index in [4.69, 9.17) is 9.47 Å². The summed E-state index contributed by atoms with van der Waals surface area (Å²) in [6.07, 6.45) is 0.868. The number of aliphatic imine (C=N–C) groups is 1. The minimum atomic E-state index is -0.00522. The van der Waals surface area contributed by atoms with Gasteiger partial charge in [-0.15, -0.1) is 0 Å². The lowest BCUT2D eigenvalue weighted by molar-refractivity contribution is -0.127. The van der Waals surface area contributed by atoms with E-state index in [1.165, 1.54) is 0 Å².